The highest BCUT2D eigenvalue weighted by atomic mass is 16.5. The molecule has 1 saturated heterocycles. The van der Waals surface area contributed by atoms with Crippen LogP contribution in [0.4, 0.5) is 5.95 Å². The Balaban J connectivity index is 1.05. The second-order valence-electron chi connectivity index (χ2n) is 9.09. The van der Waals surface area contributed by atoms with Crippen LogP contribution < -0.4 is 9.64 Å². The summed E-state index contributed by atoms with van der Waals surface area (Å²) in [6.07, 6.45) is 3.60. The smallest absolute Gasteiger partial charge is 0.225 e. The first-order valence-electron chi connectivity index (χ1n) is 12.4. The molecule has 8 nitrogen and oxygen atoms in total. The SMILES string of the molecule is CN(CCN1CCN(c2ncccn2)CC1)Cc1cc(-c2ccc(OCc3ccccc3)cc2)no1. The van der Waals surface area contributed by atoms with Crippen LogP contribution in [0.2, 0.25) is 0 Å². The number of hydrogen-bond donors (Lipinski definition) is 0. The van der Waals surface area contributed by atoms with E-state index in [1.807, 2.05) is 54.6 Å². The van der Waals surface area contributed by atoms with Crippen molar-refractivity contribution in [3.63, 3.8) is 0 Å². The van der Waals surface area contributed by atoms with Crippen LogP contribution >= 0.6 is 0 Å². The van der Waals surface area contributed by atoms with Crippen molar-refractivity contribution >= 4 is 5.95 Å². The molecule has 0 unspecified atom stereocenters. The first-order chi connectivity index (χ1) is 17.7. The Morgan fingerprint density at radius 1 is 0.917 bits per heavy atom. The highest BCUT2D eigenvalue weighted by Crippen LogP contribution is 2.23. The van der Waals surface area contributed by atoms with Gasteiger partial charge in [-0.15, -0.1) is 0 Å². The summed E-state index contributed by atoms with van der Waals surface area (Å²) in [4.78, 5) is 15.7. The Morgan fingerprint density at radius 2 is 1.67 bits per heavy atom. The van der Waals surface area contributed by atoms with Crippen molar-refractivity contribution in [2.24, 2.45) is 0 Å². The van der Waals surface area contributed by atoms with E-state index in [0.29, 0.717) is 6.61 Å². The summed E-state index contributed by atoms with van der Waals surface area (Å²) in [7, 11) is 2.12. The van der Waals surface area contributed by atoms with E-state index in [-0.39, 0.29) is 0 Å². The standard InChI is InChI=1S/C28H32N6O2/c1-32(14-15-33-16-18-34(19-17-33)28-29-12-5-13-30-28)21-26-20-27(31-36-26)24-8-10-25(11-9-24)35-22-23-6-3-2-4-7-23/h2-13,20H,14-19,21-22H2,1H3. The lowest BCUT2D eigenvalue weighted by molar-refractivity contribution is 0.201. The molecule has 1 aliphatic heterocycles. The number of aromatic nitrogens is 3. The molecule has 0 radical (unpaired) electrons. The van der Waals surface area contributed by atoms with Crippen LogP contribution in [-0.2, 0) is 13.2 Å². The fourth-order valence-corrected chi connectivity index (χ4v) is 4.27. The Labute approximate surface area is 212 Å². The Kier molecular flexibility index (Phi) is 7.85. The Hall–Kier alpha value is -3.75. The van der Waals surface area contributed by atoms with Gasteiger partial charge in [0.2, 0.25) is 5.95 Å². The predicted molar refractivity (Wildman–Crippen MR) is 140 cm³/mol. The molecule has 1 aliphatic rings. The van der Waals surface area contributed by atoms with Gasteiger partial charge < -0.3 is 14.2 Å². The number of rotatable bonds is 10. The van der Waals surface area contributed by atoms with Crippen LogP contribution in [0, 0.1) is 0 Å². The molecular formula is C28H32N6O2. The third-order valence-corrected chi connectivity index (χ3v) is 6.39. The first-order valence-corrected chi connectivity index (χ1v) is 12.4. The number of benzene rings is 2. The second-order valence-corrected chi connectivity index (χ2v) is 9.09. The van der Waals surface area contributed by atoms with E-state index >= 15 is 0 Å². The molecule has 2 aromatic carbocycles. The monoisotopic (exact) mass is 484 g/mol. The summed E-state index contributed by atoms with van der Waals surface area (Å²) in [5.74, 6) is 2.52. The van der Waals surface area contributed by atoms with Crippen molar-refractivity contribution < 1.29 is 9.26 Å². The van der Waals surface area contributed by atoms with E-state index in [1.165, 1.54) is 0 Å². The van der Waals surface area contributed by atoms with Crippen molar-refractivity contribution in [1.29, 1.82) is 0 Å². The molecular weight excluding hydrogens is 452 g/mol. The van der Waals surface area contributed by atoms with Gasteiger partial charge in [0.25, 0.3) is 0 Å². The molecule has 2 aromatic heterocycles. The molecule has 8 heteroatoms. The third-order valence-electron chi connectivity index (χ3n) is 6.39. The molecule has 186 valence electrons. The molecule has 0 aliphatic carbocycles. The van der Waals surface area contributed by atoms with Crippen LogP contribution in [-0.4, -0.2) is 71.2 Å². The quantitative estimate of drug-likeness (QED) is 0.335. The maximum atomic E-state index is 5.88. The van der Waals surface area contributed by atoms with Crippen molar-refractivity contribution in [3.05, 3.63) is 90.4 Å². The second kappa shape index (κ2) is 11.8. The minimum Gasteiger partial charge on any atom is -0.489 e. The summed E-state index contributed by atoms with van der Waals surface area (Å²) in [5.41, 5.74) is 3.00. The average molecular weight is 485 g/mol. The number of piperazine rings is 1. The summed E-state index contributed by atoms with van der Waals surface area (Å²) in [6, 6.07) is 22.0. The van der Waals surface area contributed by atoms with Crippen LogP contribution in [0.15, 0.2) is 83.6 Å². The van der Waals surface area contributed by atoms with Crippen LogP contribution in [0.1, 0.15) is 11.3 Å². The van der Waals surface area contributed by atoms with Gasteiger partial charge in [0.1, 0.15) is 18.1 Å². The van der Waals surface area contributed by atoms with Gasteiger partial charge in [-0.3, -0.25) is 9.80 Å². The number of ether oxygens (including phenoxy) is 1. The molecule has 0 amide bonds. The summed E-state index contributed by atoms with van der Waals surface area (Å²) in [5, 5.41) is 4.28. The minimum atomic E-state index is 0.553. The molecule has 0 spiro atoms. The zero-order chi connectivity index (χ0) is 24.6. The van der Waals surface area contributed by atoms with Gasteiger partial charge in [0.15, 0.2) is 5.76 Å². The minimum absolute atomic E-state index is 0.553. The lowest BCUT2D eigenvalue weighted by Gasteiger charge is -2.35. The Bertz CT molecular complexity index is 1190. The van der Waals surface area contributed by atoms with E-state index in [2.05, 4.69) is 49.0 Å². The Morgan fingerprint density at radius 3 is 2.42 bits per heavy atom. The predicted octanol–water partition coefficient (Wildman–Crippen LogP) is 3.96. The van der Waals surface area contributed by atoms with E-state index < -0.39 is 0 Å². The fraction of sp³-hybridized carbons (Fsp3) is 0.321. The van der Waals surface area contributed by atoms with Gasteiger partial charge in [-0.1, -0.05) is 35.5 Å². The van der Waals surface area contributed by atoms with E-state index in [1.54, 1.807) is 12.4 Å². The van der Waals surface area contributed by atoms with Crippen LogP contribution in [0.3, 0.4) is 0 Å². The van der Waals surface area contributed by atoms with Crippen LogP contribution in [0.5, 0.6) is 5.75 Å². The maximum Gasteiger partial charge on any atom is 0.225 e. The van der Waals surface area contributed by atoms with Gasteiger partial charge in [-0.2, -0.15) is 0 Å². The highest BCUT2D eigenvalue weighted by Gasteiger charge is 2.19. The number of nitrogens with zero attached hydrogens (tertiary/aromatic N) is 6. The van der Waals surface area contributed by atoms with E-state index in [9.17, 15) is 0 Å². The number of likely N-dealkylation sites (N-methyl/N-ethyl adjacent to an activating group) is 1. The van der Waals surface area contributed by atoms with Gasteiger partial charge in [0, 0.05) is 63.3 Å². The molecule has 0 atom stereocenters. The number of hydrogen-bond acceptors (Lipinski definition) is 8. The molecule has 0 N–H and O–H groups in total. The first kappa shape index (κ1) is 24.0. The molecule has 0 saturated carbocycles. The zero-order valence-electron chi connectivity index (χ0n) is 20.7. The topological polar surface area (TPSA) is 70.8 Å². The largest absolute Gasteiger partial charge is 0.489 e. The molecule has 3 heterocycles. The molecule has 4 aromatic rings. The fourth-order valence-electron chi connectivity index (χ4n) is 4.27. The van der Waals surface area contributed by atoms with Gasteiger partial charge >= 0.3 is 0 Å². The van der Waals surface area contributed by atoms with E-state index in [4.69, 9.17) is 9.26 Å². The van der Waals surface area contributed by atoms with Crippen molar-refractivity contribution in [2.45, 2.75) is 13.2 Å². The van der Waals surface area contributed by atoms with E-state index in [0.717, 1.165) is 80.1 Å². The summed E-state index contributed by atoms with van der Waals surface area (Å²) >= 11 is 0. The molecule has 36 heavy (non-hydrogen) atoms. The molecule has 0 bridgehead atoms. The molecule has 5 rings (SSSR count). The normalized spacial score (nSPS) is 14.3. The van der Waals surface area contributed by atoms with Crippen molar-refractivity contribution in [2.75, 3.05) is 51.2 Å². The van der Waals surface area contributed by atoms with Crippen LogP contribution in [0.25, 0.3) is 11.3 Å². The lowest BCUT2D eigenvalue weighted by Crippen LogP contribution is -2.48. The average Bonchev–Trinajstić information content (AvgIpc) is 3.41. The zero-order valence-corrected chi connectivity index (χ0v) is 20.7. The van der Waals surface area contributed by atoms with Gasteiger partial charge in [-0.25, -0.2) is 9.97 Å². The highest BCUT2D eigenvalue weighted by molar-refractivity contribution is 5.59. The van der Waals surface area contributed by atoms with Crippen molar-refractivity contribution in [1.82, 2.24) is 24.9 Å². The van der Waals surface area contributed by atoms with Gasteiger partial charge in [0.05, 0.1) is 6.54 Å². The maximum absolute atomic E-state index is 5.88. The van der Waals surface area contributed by atoms with Crippen molar-refractivity contribution in [3.8, 4) is 17.0 Å². The summed E-state index contributed by atoms with van der Waals surface area (Å²) in [6.45, 7) is 7.20. The van der Waals surface area contributed by atoms with Gasteiger partial charge in [-0.05, 0) is 42.9 Å². The molecule has 1 fully saturated rings. The number of anilines is 1. The lowest BCUT2D eigenvalue weighted by atomic mass is 10.1. The third kappa shape index (κ3) is 6.47. The summed E-state index contributed by atoms with van der Waals surface area (Å²) < 4.78 is 11.5.